The van der Waals surface area contributed by atoms with Crippen LogP contribution in [-0.2, 0) is 26.2 Å². The number of ether oxygens (including phenoxy) is 2. The molecule has 0 aromatic heterocycles. The molecule has 0 saturated heterocycles. The Morgan fingerprint density at radius 2 is 1.62 bits per heavy atom. The average molecular weight is 618 g/mol. The summed E-state index contributed by atoms with van der Waals surface area (Å²) in [5, 5.41) is 3.36. The Balaban J connectivity index is 1.74. The van der Waals surface area contributed by atoms with E-state index in [1.165, 1.54) is 35.2 Å². The molecule has 1 aliphatic rings. The molecule has 9 nitrogen and oxygen atoms in total. The molecular formula is C30H33ClFN3O6S. The van der Waals surface area contributed by atoms with Gasteiger partial charge in [0.15, 0.2) is 11.5 Å². The van der Waals surface area contributed by atoms with Gasteiger partial charge in [0.1, 0.15) is 31.6 Å². The van der Waals surface area contributed by atoms with E-state index in [1.807, 2.05) is 13.8 Å². The van der Waals surface area contributed by atoms with Crippen molar-refractivity contribution in [1.29, 1.82) is 0 Å². The summed E-state index contributed by atoms with van der Waals surface area (Å²) in [5.74, 6) is -0.893. The molecule has 0 aliphatic carbocycles. The van der Waals surface area contributed by atoms with Gasteiger partial charge in [0.25, 0.3) is 10.0 Å². The number of sulfonamides is 1. The van der Waals surface area contributed by atoms with Gasteiger partial charge < -0.3 is 19.7 Å². The molecule has 224 valence electrons. The van der Waals surface area contributed by atoms with E-state index in [0.717, 1.165) is 16.4 Å². The Labute approximate surface area is 250 Å². The van der Waals surface area contributed by atoms with Crippen molar-refractivity contribution < 1.29 is 31.9 Å². The summed E-state index contributed by atoms with van der Waals surface area (Å²) in [6, 6.07) is 14.7. The maximum Gasteiger partial charge on any atom is 0.264 e. The van der Waals surface area contributed by atoms with E-state index in [1.54, 1.807) is 31.2 Å². The molecule has 0 bridgehead atoms. The van der Waals surface area contributed by atoms with Crippen LogP contribution in [0.5, 0.6) is 11.5 Å². The minimum atomic E-state index is -4.37. The van der Waals surface area contributed by atoms with Crippen molar-refractivity contribution in [3.8, 4) is 11.5 Å². The number of nitrogens with one attached hydrogen (secondary N) is 1. The van der Waals surface area contributed by atoms with Crippen LogP contribution in [0.2, 0.25) is 5.02 Å². The maximum atomic E-state index is 14.1. The van der Waals surface area contributed by atoms with Crippen molar-refractivity contribution in [1.82, 2.24) is 10.2 Å². The summed E-state index contributed by atoms with van der Waals surface area (Å²) >= 11 is 6.05. The lowest BCUT2D eigenvalue weighted by Crippen LogP contribution is -2.53. The number of anilines is 1. The van der Waals surface area contributed by atoms with E-state index in [9.17, 15) is 22.4 Å². The Kier molecular flexibility index (Phi) is 9.95. The van der Waals surface area contributed by atoms with Crippen LogP contribution in [0.4, 0.5) is 10.1 Å². The molecule has 0 saturated carbocycles. The second-order valence-corrected chi connectivity index (χ2v) is 12.3. The molecule has 12 heteroatoms. The SMILES string of the molecule is CC[C@@H](C(=O)NC(C)C)N(Cc1ccc(Cl)cc1)C(=O)CN(c1ccc(F)cc1)S(=O)(=O)c1ccc2c(c1)OCCO2. The number of benzene rings is 3. The zero-order chi connectivity index (χ0) is 30.4. The smallest absolute Gasteiger partial charge is 0.264 e. The van der Waals surface area contributed by atoms with Gasteiger partial charge in [0.05, 0.1) is 10.6 Å². The standard InChI is InChI=1S/C30H33ClFN3O6S/c1-4-26(30(37)33-20(2)3)34(18-21-5-7-22(31)8-6-21)29(36)19-35(24-11-9-23(32)10-12-24)42(38,39)25-13-14-27-28(17-25)41-16-15-40-27/h5-14,17,20,26H,4,15-16,18-19H2,1-3H3,(H,33,37)/t26-/m0/s1. The molecule has 0 fully saturated rings. The molecule has 4 rings (SSSR count). The van der Waals surface area contributed by atoms with Crippen molar-refractivity contribution >= 4 is 39.1 Å². The first-order chi connectivity index (χ1) is 20.0. The molecule has 0 unspecified atom stereocenters. The minimum Gasteiger partial charge on any atom is -0.486 e. The van der Waals surface area contributed by atoms with E-state index < -0.39 is 34.3 Å². The fraction of sp³-hybridized carbons (Fsp3) is 0.333. The van der Waals surface area contributed by atoms with Crippen LogP contribution in [0.1, 0.15) is 32.8 Å². The van der Waals surface area contributed by atoms with Crippen LogP contribution in [-0.4, -0.2) is 57.0 Å². The molecule has 0 radical (unpaired) electrons. The van der Waals surface area contributed by atoms with Crippen LogP contribution in [0, 0.1) is 5.82 Å². The molecule has 1 N–H and O–H groups in total. The summed E-state index contributed by atoms with van der Waals surface area (Å²) < 4.78 is 53.9. The number of halogens is 2. The van der Waals surface area contributed by atoms with Gasteiger partial charge in [-0.25, -0.2) is 12.8 Å². The van der Waals surface area contributed by atoms with Crippen molar-refractivity contribution in [3.63, 3.8) is 0 Å². The number of fused-ring (bicyclic) bond motifs is 1. The fourth-order valence-electron chi connectivity index (χ4n) is 4.53. The van der Waals surface area contributed by atoms with E-state index >= 15 is 0 Å². The average Bonchev–Trinajstić information content (AvgIpc) is 2.96. The first-order valence-corrected chi connectivity index (χ1v) is 15.3. The lowest BCUT2D eigenvalue weighted by Gasteiger charge is -2.33. The molecule has 1 atom stereocenters. The first-order valence-electron chi connectivity index (χ1n) is 13.5. The van der Waals surface area contributed by atoms with Gasteiger partial charge in [-0.1, -0.05) is 30.7 Å². The molecule has 0 spiro atoms. The monoisotopic (exact) mass is 617 g/mol. The van der Waals surface area contributed by atoms with Crippen molar-refractivity contribution in [2.45, 2.75) is 50.7 Å². The van der Waals surface area contributed by atoms with E-state index in [4.69, 9.17) is 21.1 Å². The summed E-state index contributed by atoms with van der Waals surface area (Å²) in [6.45, 7) is 5.37. The predicted octanol–water partition coefficient (Wildman–Crippen LogP) is 4.78. The van der Waals surface area contributed by atoms with Crippen LogP contribution in [0.25, 0.3) is 0 Å². The summed E-state index contributed by atoms with van der Waals surface area (Å²) in [6.07, 6.45) is 0.281. The largest absolute Gasteiger partial charge is 0.486 e. The lowest BCUT2D eigenvalue weighted by molar-refractivity contribution is -0.140. The summed E-state index contributed by atoms with van der Waals surface area (Å²) in [7, 11) is -4.37. The lowest BCUT2D eigenvalue weighted by atomic mass is 10.1. The third-order valence-corrected chi connectivity index (χ3v) is 8.60. The van der Waals surface area contributed by atoms with Gasteiger partial charge in [-0.2, -0.15) is 0 Å². The molecular weight excluding hydrogens is 585 g/mol. The van der Waals surface area contributed by atoms with Crippen molar-refractivity contribution in [2.24, 2.45) is 0 Å². The number of rotatable bonds is 11. The van der Waals surface area contributed by atoms with Gasteiger partial charge in [-0.15, -0.1) is 0 Å². The topological polar surface area (TPSA) is 105 Å². The number of carbonyl (C=O) groups is 2. The normalized spacial score (nSPS) is 13.4. The predicted molar refractivity (Wildman–Crippen MR) is 158 cm³/mol. The summed E-state index contributed by atoms with van der Waals surface area (Å²) in [4.78, 5) is 28.5. The first kappa shape index (κ1) is 31.1. The highest BCUT2D eigenvalue weighted by molar-refractivity contribution is 7.92. The Morgan fingerprint density at radius 1 is 0.976 bits per heavy atom. The van der Waals surface area contributed by atoms with Crippen LogP contribution in [0.3, 0.4) is 0 Å². The Hall–Kier alpha value is -3.83. The van der Waals surface area contributed by atoms with Gasteiger partial charge in [-0.05, 0) is 74.4 Å². The van der Waals surface area contributed by atoms with E-state index in [0.29, 0.717) is 22.9 Å². The second-order valence-electron chi connectivity index (χ2n) is 10.0. The number of nitrogens with zero attached hydrogens (tertiary/aromatic N) is 2. The molecule has 3 aromatic rings. The third kappa shape index (κ3) is 7.32. The molecule has 1 aliphatic heterocycles. The highest BCUT2D eigenvalue weighted by atomic mass is 35.5. The Morgan fingerprint density at radius 3 is 2.24 bits per heavy atom. The van der Waals surface area contributed by atoms with Crippen molar-refractivity contribution in [3.05, 3.63) is 83.1 Å². The maximum absolute atomic E-state index is 14.1. The van der Waals surface area contributed by atoms with E-state index in [2.05, 4.69) is 5.32 Å². The third-order valence-electron chi connectivity index (χ3n) is 6.58. The number of amides is 2. The zero-order valence-corrected chi connectivity index (χ0v) is 25.1. The van der Waals surface area contributed by atoms with Crippen LogP contribution < -0.4 is 19.1 Å². The number of hydrogen-bond acceptors (Lipinski definition) is 6. The van der Waals surface area contributed by atoms with E-state index in [-0.39, 0.29) is 47.9 Å². The van der Waals surface area contributed by atoms with Gasteiger partial charge >= 0.3 is 0 Å². The quantitative estimate of drug-likeness (QED) is 0.332. The number of hydrogen-bond donors (Lipinski definition) is 1. The zero-order valence-electron chi connectivity index (χ0n) is 23.5. The molecule has 42 heavy (non-hydrogen) atoms. The second kappa shape index (κ2) is 13.4. The molecule has 3 aromatic carbocycles. The highest BCUT2D eigenvalue weighted by Crippen LogP contribution is 2.34. The van der Waals surface area contributed by atoms with Gasteiger partial charge in [0.2, 0.25) is 11.8 Å². The van der Waals surface area contributed by atoms with Gasteiger partial charge in [0, 0.05) is 23.7 Å². The van der Waals surface area contributed by atoms with Crippen molar-refractivity contribution in [2.75, 3.05) is 24.1 Å². The van der Waals surface area contributed by atoms with Crippen LogP contribution in [0.15, 0.2) is 71.6 Å². The highest BCUT2D eigenvalue weighted by Gasteiger charge is 2.34. The fourth-order valence-corrected chi connectivity index (χ4v) is 6.09. The minimum absolute atomic E-state index is 0.0291. The Bertz CT molecular complexity index is 1520. The molecule has 1 heterocycles. The van der Waals surface area contributed by atoms with Gasteiger partial charge in [-0.3, -0.25) is 13.9 Å². The number of carbonyl (C=O) groups excluding carboxylic acids is 2. The van der Waals surface area contributed by atoms with Crippen LogP contribution >= 0.6 is 11.6 Å². The molecule has 2 amide bonds. The summed E-state index contributed by atoms with van der Waals surface area (Å²) in [5.41, 5.74) is 0.775.